The summed E-state index contributed by atoms with van der Waals surface area (Å²) in [5, 5.41) is 54.7. The number of cyclic esters (lactones) is 1. The number of carbonyl (C=O) groups is 2. The van der Waals surface area contributed by atoms with Gasteiger partial charge in [0.2, 0.25) is 0 Å². The van der Waals surface area contributed by atoms with Crippen molar-refractivity contribution in [2.24, 2.45) is 23.7 Å². The van der Waals surface area contributed by atoms with Crippen LogP contribution in [0.2, 0.25) is 0 Å². The fourth-order valence-electron chi connectivity index (χ4n) is 8.94. The zero-order valence-corrected chi connectivity index (χ0v) is 40.0. The molecule has 3 rings (SSSR count). The molecule has 5 N–H and O–H groups in total. The summed E-state index contributed by atoms with van der Waals surface area (Å²) in [6.07, 6.45) is -4.83. The fraction of sp³-hybridized carbons (Fsp3) is 0.870. The molecular weight excluding hydrogens is 822 g/mol. The van der Waals surface area contributed by atoms with E-state index in [1.807, 2.05) is 26.8 Å². The summed E-state index contributed by atoms with van der Waals surface area (Å²) >= 11 is 0. The Morgan fingerprint density at radius 1 is 0.968 bits per heavy atom. The quantitative estimate of drug-likeness (QED) is 0.104. The van der Waals surface area contributed by atoms with E-state index >= 15 is 0 Å². The fourth-order valence-corrected chi connectivity index (χ4v) is 8.94. The van der Waals surface area contributed by atoms with Crippen molar-refractivity contribution in [3.05, 3.63) is 23.8 Å². The first kappa shape index (κ1) is 55.4. The third-order valence-electron chi connectivity index (χ3n) is 12.3. The van der Waals surface area contributed by atoms with Crippen LogP contribution in [0.4, 0.5) is 0 Å². The van der Waals surface area contributed by atoms with E-state index in [0.717, 1.165) is 5.57 Å². The molecule has 17 heteroatoms. The van der Waals surface area contributed by atoms with Gasteiger partial charge in [0.05, 0.1) is 55.2 Å². The molecule has 0 bridgehead atoms. The summed E-state index contributed by atoms with van der Waals surface area (Å²) in [6, 6.07) is -0.752. The molecule has 0 spiro atoms. The van der Waals surface area contributed by atoms with Crippen LogP contribution in [0.1, 0.15) is 101 Å². The molecule has 18 unspecified atom stereocenters. The van der Waals surface area contributed by atoms with Gasteiger partial charge in [0.1, 0.15) is 24.4 Å². The van der Waals surface area contributed by atoms with Crippen molar-refractivity contribution in [1.29, 1.82) is 0 Å². The Balaban J connectivity index is 1.97. The molecular formula is C46H81NO16. The lowest BCUT2D eigenvalue weighted by atomic mass is 9.79. The largest absolute Gasteiger partial charge is 0.462 e. The minimum absolute atomic E-state index is 0.00820. The molecule has 3 aliphatic heterocycles. The maximum Gasteiger partial charge on any atom is 0.308 e. The Bertz CT molecular complexity index is 1440. The smallest absolute Gasteiger partial charge is 0.308 e. The topological polar surface area (TPSA) is 222 Å². The minimum Gasteiger partial charge on any atom is -0.462 e. The predicted molar refractivity (Wildman–Crippen MR) is 232 cm³/mol. The average molecular weight is 904 g/mol. The molecule has 0 saturated carbocycles. The van der Waals surface area contributed by atoms with Crippen molar-refractivity contribution in [1.82, 2.24) is 4.90 Å². The Kier molecular flexibility index (Phi) is 22.7. The van der Waals surface area contributed by atoms with Crippen LogP contribution in [-0.2, 0) is 52.2 Å². The first-order valence-corrected chi connectivity index (χ1v) is 22.6. The van der Waals surface area contributed by atoms with Gasteiger partial charge in [-0.05, 0) is 86.9 Å². The summed E-state index contributed by atoms with van der Waals surface area (Å²) in [5.41, 5.74) is -0.475. The summed E-state index contributed by atoms with van der Waals surface area (Å²) in [6.45, 7) is 15.4. The molecule has 0 aromatic rings. The van der Waals surface area contributed by atoms with Crippen LogP contribution in [0.15, 0.2) is 23.8 Å². The van der Waals surface area contributed by atoms with E-state index in [-0.39, 0.29) is 50.5 Å². The standard InChI is InChI=1S/C46H81NO16/c1-14-35-32(24-57-45-43(56-13)36(55-12)21-27(4)58-45)19-25(2)15-16-33(50)26(3)20-31(17-18-48)41(28(5)34(51)22-37(52)61-35)63-44-40(53)39(47(10)11)42(29(6)59-44)62-38(60-30(7)49)23-46(8,9)54/h15-16,19,26-32,34-36,38-45,48-49,51,53-54H,14,17-18,20-24H2,1-13H3/b16-15+,25-19+. The second-order valence-electron chi connectivity index (χ2n) is 18.7. The van der Waals surface area contributed by atoms with Crippen molar-refractivity contribution in [2.45, 2.75) is 193 Å². The molecule has 17 nitrogen and oxygen atoms in total. The molecule has 0 aromatic carbocycles. The highest BCUT2D eigenvalue weighted by atomic mass is 16.7. The number of nitrogens with zero attached hydrogens (tertiary/aromatic N) is 1. The molecule has 366 valence electrons. The molecule has 0 aromatic heterocycles. The number of esters is 1. The van der Waals surface area contributed by atoms with Gasteiger partial charge in [0, 0.05) is 51.4 Å². The number of aliphatic hydroxyl groups excluding tert-OH is 4. The van der Waals surface area contributed by atoms with Crippen molar-refractivity contribution in [3.8, 4) is 0 Å². The van der Waals surface area contributed by atoms with Gasteiger partial charge < -0.3 is 73.1 Å². The van der Waals surface area contributed by atoms with Crippen molar-refractivity contribution in [2.75, 3.05) is 41.5 Å². The van der Waals surface area contributed by atoms with Crippen molar-refractivity contribution >= 4 is 11.8 Å². The normalized spacial score (nSPS) is 39.3. The SMILES string of the molecule is CCC1OC(=O)CC(O)C(C)C(OC2OC(C)C(OC(CC(C)(C)O)OC(C)O)C(N(C)C)C2O)C(CCO)CC(C)C(=O)/C=C/C(C)=C/C1COC1OC(C)CC(OC)C1OC. The highest BCUT2D eigenvalue weighted by Crippen LogP contribution is 2.36. The second kappa shape index (κ2) is 25.8. The number of ketones is 1. The van der Waals surface area contributed by atoms with Crippen LogP contribution in [0.5, 0.6) is 0 Å². The minimum atomic E-state index is -1.34. The molecule has 63 heavy (non-hydrogen) atoms. The first-order chi connectivity index (χ1) is 29.5. The summed E-state index contributed by atoms with van der Waals surface area (Å²) in [4.78, 5) is 29.3. The van der Waals surface area contributed by atoms with Gasteiger partial charge in [-0.1, -0.05) is 38.5 Å². The molecule has 0 radical (unpaired) electrons. The van der Waals surface area contributed by atoms with E-state index in [0.29, 0.717) is 12.8 Å². The third kappa shape index (κ3) is 16.7. The summed E-state index contributed by atoms with van der Waals surface area (Å²) in [7, 11) is 6.70. The zero-order chi connectivity index (χ0) is 47.3. The number of hydrogen-bond acceptors (Lipinski definition) is 17. The number of rotatable bonds is 17. The van der Waals surface area contributed by atoms with E-state index in [1.165, 1.54) is 13.0 Å². The average Bonchev–Trinajstić information content (AvgIpc) is 3.19. The van der Waals surface area contributed by atoms with Crippen LogP contribution < -0.4 is 0 Å². The lowest BCUT2D eigenvalue weighted by Gasteiger charge is -2.49. The van der Waals surface area contributed by atoms with Gasteiger partial charge in [-0.15, -0.1) is 0 Å². The second-order valence-corrected chi connectivity index (χ2v) is 18.7. The molecule has 0 amide bonds. The highest BCUT2D eigenvalue weighted by molar-refractivity contribution is 5.91. The maximum atomic E-state index is 13.8. The zero-order valence-electron chi connectivity index (χ0n) is 40.0. The summed E-state index contributed by atoms with van der Waals surface area (Å²) < 4.78 is 54.9. The number of ether oxygens (including phenoxy) is 9. The van der Waals surface area contributed by atoms with E-state index in [4.69, 9.17) is 42.6 Å². The molecule has 3 heterocycles. The highest BCUT2D eigenvalue weighted by Gasteiger charge is 2.49. The lowest BCUT2D eigenvalue weighted by molar-refractivity contribution is -0.335. The Hall–Kier alpha value is -1.94. The Morgan fingerprint density at radius 3 is 2.22 bits per heavy atom. The van der Waals surface area contributed by atoms with Gasteiger partial charge >= 0.3 is 5.97 Å². The van der Waals surface area contributed by atoms with Crippen LogP contribution >= 0.6 is 0 Å². The number of aliphatic hydroxyl groups is 5. The van der Waals surface area contributed by atoms with Crippen LogP contribution in [0, 0.1) is 23.7 Å². The van der Waals surface area contributed by atoms with Crippen molar-refractivity contribution < 1.29 is 77.8 Å². The van der Waals surface area contributed by atoms with E-state index in [9.17, 15) is 35.1 Å². The van der Waals surface area contributed by atoms with E-state index in [2.05, 4.69) is 0 Å². The number of allylic oxidation sites excluding steroid dienone is 3. The molecule has 3 aliphatic rings. The monoisotopic (exact) mass is 904 g/mol. The van der Waals surface area contributed by atoms with Gasteiger partial charge in [0.25, 0.3) is 0 Å². The third-order valence-corrected chi connectivity index (χ3v) is 12.3. The number of carbonyl (C=O) groups excluding carboxylic acids is 2. The molecule has 2 saturated heterocycles. The predicted octanol–water partition coefficient (Wildman–Crippen LogP) is 3.25. The van der Waals surface area contributed by atoms with Gasteiger partial charge in [-0.25, -0.2) is 0 Å². The Labute approximate surface area is 375 Å². The lowest BCUT2D eigenvalue weighted by Crippen LogP contribution is -2.64. The van der Waals surface area contributed by atoms with Gasteiger partial charge in [0.15, 0.2) is 30.9 Å². The first-order valence-electron chi connectivity index (χ1n) is 22.6. The van der Waals surface area contributed by atoms with Crippen LogP contribution in [0.25, 0.3) is 0 Å². The van der Waals surface area contributed by atoms with E-state index < -0.39 is 116 Å². The number of hydrogen-bond donors (Lipinski definition) is 5. The molecule has 0 aliphatic carbocycles. The van der Waals surface area contributed by atoms with Crippen LogP contribution in [-0.4, -0.2) is 175 Å². The Morgan fingerprint density at radius 2 is 1.65 bits per heavy atom. The number of methoxy groups -OCH3 is 2. The van der Waals surface area contributed by atoms with Gasteiger partial charge in [-0.2, -0.15) is 0 Å². The van der Waals surface area contributed by atoms with Crippen LogP contribution in [0.3, 0.4) is 0 Å². The summed E-state index contributed by atoms with van der Waals surface area (Å²) in [5.74, 6) is -3.16. The van der Waals surface area contributed by atoms with Gasteiger partial charge in [-0.3, -0.25) is 9.59 Å². The molecule has 18 atom stereocenters. The van der Waals surface area contributed by atoms with E-state index in [1.54, 1.807) is 73.9 Å². The maximum absolute atomic E-state index is 13.8. The molecule has 2 fully saturated rings. The number of likely N-dealkylation sites (N-methyl/N-ethyl adjacent to an activating group) is 1. The van der Waals surface area contributed by atoms with Crippen molar-refractivity contribution in [3.63, 3.8) is 0 Å².